The molecule has 2 aromatic rings. The Kier molecular flexibility index (Phi) is 0.887. The molecular formula is C6H5N3O. The van der Waals surface area contributed by atoms with Crippen LogP contribution in [0.1, 0.15) is 0 Å². The zero-order valence-corrected chi connectivity index (χ0v) is 5.19. The molecule has 0 unspecified atom stereocenters. The smallest absolute Gasteiger partial charge is 0.205 e. The quantitative estimate of drug-likeness (QED) is 0.588. The minimum Gasteiger partial charge on any atom is -0.362 e. The Morgan fingerprint density at radius 2 is 2.60 bits per heavy atom. The number of nitrogens with zero attached hydrogens (tertiary/aromatic N) is 3. The predicted octanol–water partition coefficient (Wildman–Crippen LogP) is 1.12. The molecule has 0 saturated heterocycles. The molecule has 0 fully saturated rings. The van der Waals surface area contributed by atoms with E-state index in [1.54, 1.807) is 23.3 Å². The number of fused-ring (bicyclic) bond motifs is 1. The van der Waals surface area contributed by atoms with Gasteiger partial charge in [-0.05, 0) is 0 Å². The number of hydrogen-bond acceptors (Lipinski definition) is 3. The van der Waals surface area contributed by atoms with Crippen molar-refractivity contribution in [3.63, 3.8) is 0 Å². The first-order valence-corrected chi connectivity index (χ1v) is 2.82. The standard InChI is InChI=1S/C6H5N3O/c1-2-9-6-5(3-7-9)4-10-8-6/h2-4H,1H2. The highest BCUT2D eigenvalue weighted by molar-refractivity contribution is 5.74. The highest BCUT2D eigenvalue weighted by Crippen LogP contribution is 2.09. The zero-order valence-electron chi connectivity index (χ0n) is 5.19. The van der Waals surface area contributed by atoms with E-state index in [1.807, 2.05) is 0 Å². The van der Waals surface area contributed by atoms with E-state index in [0.717, 1.165) is 5.39 Å². The second-order valence-corrected chi connectivity index (χ2v) is 1.87. The molecule has 2 rings (SSSR count). The third-order valence-corrected chi connectivity index (χ3v) is 1.29. The monoisotopic (exact) mass is 135 g/mol. The van der Waals surface area contributed by atoms with E-state index >= 15 is 0 Å². The van der Waals surface area contributed by atoms with Crippen molar-refractivity contribution in [1.29, 1.82) is 0 Å². The maximum Gasteiger partial charge on any atom is 0.205 e. The van der Waals surface area contributed by atoms with Crippen molar-refractivity contribution < 1.29 is 4.52 Å². The van der Waals surface area contributed by atoms with E-state index in [9.17, 15) is 0 Å². The molecule has 0 N–H and O–H groups in total. The van der Waals surface area contributed by atoms with E-state index in [2.05, 4.69) is 21.4 Å². The third-order valence-electron chi connectivity index (χ3n) is 1.29. The first kappa shape index (κ1) is 5.22. The van der Waals surface area contributed by atoms with Crippen LogP contribution in [0.3, 0.4) is 0 Å². The van der Waals surface area contributed by atoms with Crippen LogP contribution in [0.4, 0.5) is 0 Å². The van der Waals surface area contributed by atoms with Gasteiger partial charge in [-0.2, -0.15) is 5.10 Å². The van der Waals surface area contributed by atoms with Gasteiger partial charge in [0.2, 0.25) is 5.65 Å². The Balaban J connectivity index is 2.88. The van der Waals surface area contributed by atoms with E-state index in [1.165, 1.54) is 0 Å². The molecule has 50 valence electrons. The molecule has 0 aliphatic rings. The zero-order chi connectivity index (χ0) is 6.97. The second-order valence-electron chi connectivity index (χ2n) is 1.87. The summed E-state index contributed by atoms with van der Waals surface area (Å²) in [6.07, 6.45) is 4.79. The fraction of sp³-hybridized carbons (Fsp3) is 0. The van der Waals surface area contributed by atoms with Crippen molar-refractivity contribution in [3.05, 3.63) is 19.0 Å². The molecule has 0 aromatic carbocycles. The summed E-state index contributed by atoms with van der Waals surface area (Å²) in [5.41, 5.74) is 0.704. The van der Waals surface area contributed by atoms with Gasteiger partial charge in [0.05, 0.1) is 11.6 Å². The van der Waals surface area contributed by atoms with Gasteiger partial charge in [-0.25, -0.2) is 4.68 Å². The Morgan fingerprint density at radius 3 is 3.40 bits per heavy atom. The van der Waals surface area contributed by atoms with Gasteiger partial charge in [-0.15, -0.1) is 0 Å². The van der Waals surface area contributed by atoms with Crippen LogP contribution in [0.25, 0.3) is 17.2 Å². The van der Waals surface area contributed by atoms with Gasteiger partial charge < -0.3 is 4.52 Å². The van der Waals surface area contributed by atoms with Gasteiger partial charge in [0.1, 0.15) is 6.26 Å². The van der Waals surface area contributed by atoms with Crippen LogP contribution >= 0.6 is 0 Å². The van der Waals surface area contributed by atoms with Crippen LogP contribution < -0.4 is 0 Å². The first-order chi connectivity index (χ1) is 4.92. The van der Waals surface area contributed by atoms with Crippen LogP contribution in [-0.2, 0) is 0 Å². The van der Waals surface area contributed by atoms with E-state index in [4.69, 9.17) is 0 Å². The fourth-order valence-corrected chi connectivity index (χ4v) is 0.813. The Bertz CT molecular complexity index is 360. The molecular weight excluding hydrogens is 130 g/mol. The summed E-state index contributed by atoms with van der Waals surface area (Å²) in [5, 5.41) is 8.54. The Labute approximate surface area is 56.7 Å². The van der Waals surface area contributed by atoms with Gasteiger partial charge in [-0.3, -0.25) is 0 Å². The van der Waals surface area contributed by atoms with Crippen LogP contribution in [0.5, 0.6) is 0 Å². The lowest BCUT2D eigenvalue weighted by molar-refractivity contribution is 0.424. The highest BCUT2D eigenvalue weighted by Gasteiger charge is 2.01. The molecule has 0 aliphatic carbocycles. The first-order valence-electron chi connectivity index (χ1n) is 2.82. The molecule has 0 aliphatic heterocycles. The number of aromatic nitrogens is 3. The van der Waals surface area contributed by atoms with Crippen molar-refractivity contribution in [3.8, 4) is 0 Å². The SMILES string of the molecule is C=Cn1ncc2conc21. The Morgan fingerprint density at radius 1 is 1.70 bits per heavy atom. The summed E-state index contributed by atoms with van der Waals surface area (Å²) < 4.78 is 6.24. The molecule has 0 atom stereocenters. The number of hydrogen-bond donors (Lipinski definition) is 0. The lowest BCUT2D eigenvalue weighted by Gasteiger charge is -1.84. The summed E-state index contributed by atoms with van der Waals surface area (Å²) in [6.45, 7) is 3.55. The van der Waals surface area contributed by atoms with Gasteiger partial charge in [0, 0.05) is 6.20 Å². The van der Waals surface area contributed by atoms with Crippen LogP contribution in [0.2, 0.25) is 0 Å². The molecule has 2 aromatic heterocycles. The van der Waals surface area contributed by atoms with Gasteiger partial charge in [-0.1, -0.05) is 11.7 Å². The predicted molar refractivity (Wildman–Crippen MR) is 36.2 cm³/mol. The molecule has 2 heterocycles. The second kappa shape index (κ2) is 1.70. The molecule has 0 amide bonds. The lowest BCUT2D eigenvalue weighted by Crippen LogP contribution is -1.86. The average Bonchev–Trinajstić information content (AvgIpc) is 2.44. The Hall–Kier alpha value is -1.58. The third kappa shape index (κ3) is 0.500. The minimum atomic E-state index is 0.704. The van der Waals surface area contributed by atoms with Crippen molar-refractivity contribution in [1.82, 2.24) is 14.9 Å². The topological polar surface area (TPSA) is 43.9 Å². The molecule has 0 bridgehead atoms. The molecule has 0 saturated carbocycles. The molecule has 4 nitrogen and oxygen atoms in total. The lowest BCUT2D eigenvalue weighted by atomic mass is 10.5. The van der Waals surface area contributed by atoms with Crippen molar-refractivity contribution in [2.75, 3.05) is 0 Å². The van der Waals surface area contributed by atoms with Gasteiger partial charge >= 0.3 is 0 Å². The summed E-state index contributed by atoms with van der Waals surface area (Å²) in [5.74, 6) is 0. The van der Waals surface area contributed by atoms with Crippen molar-refractivity contribution in [2.45, 2.75) is 0 Å². The van der Waals surface area contributed by atoms with Crippen LogP contribution in [0.15, 0.2) is 23.6 Å². The van der Waals surface area contributed by atoms with E-state index in [0.29, 0.717) is 5.65 Å². The molecule has 4 heteroatoms. The highest BCUT2D eigenvalue weighted by atomic mass is 16.5. The van der Waals surface area contributed by atoms with Crippen molar-refractivity contribution in [2.24, 2.45) is 0 Å². The van der Waals surface area contributed by atoms with E-state index < -0.39 is 0 Å². The van der Waals surface area contributed by atoms with Crippen LogP contribution in [0, 0.1) is 0 Å². The van der Waals surface area contributed by atoms with E-state index in [-0.39, 0.29) is 0 Å². The van der Waals surface area contributed by atoms with Crippen molar-refractivity contribution >= 4 is 17.2 Å². The van der Waals surface area contributed by atoms with Gasteiger partial charge in [0.25, 0.3) is 0 Å². The number of rotatable bonds is 1. The molecule has 10 heavy (non-hydrogen) atoms. The molecule has 0 radical (unpaired) electrons. The summed E-state index contributed by atoms with van der Waals surface area (Å²) in [7, 11) is 0. The summed E-state index contributed by atoms with van der Waals surface area (Å²) in [4.78, 5) is 0. The maximum atomic E-state index is 4.69. The maximum absolute atomic E-state index is 4.69. The molecule has 0 spiro atoms. The summed E-state index contributed by atoms with van der Waals surface area (Å²) >= 11 is 0. The fourth-order valence-electron chi connectivity index (χ4n) is 0.813. The van der Waals surface area contributed by atoms with Crippen LogP contribution in [-0.4, -0.2) is 14.9 Å². The average molecular weight is 135 g/mol. The van der Waals surface area contributed by atoms with Gasteiger partial charge in [0.15, 0.2) is 0 Å². The minimum absolute atomic E-state index is 0.704. The summed E-state index contributed by atoms with van der Waals surface area (Å²) in [6, 6.07) is 0. The largest absolute Gasteiger partial charge is 0.362 e. The normalized spacial score (nSPS) is 10.4.